The summed E-state index contributed by atoms with van der Waals surface area (Å²) in [5, 5.41) is 9.77. The monoisotopic (exact) mass is 536 g/mol. The molecule has 0 radical (unpaired) electrons. The van der Waals surface area contributed by atoms with Gasteiger partial charge in [-0.15, -0.1) is 0 Å². The number of hydrazone groups is 1. The summed E-state index contributed by atoms with van der Waals surface area (Å²) in [6.45, 7) is 5.70. The van der Waals surface area contributed by atoms with Gasteiger partial charge < -0.3 is 20.1 Å². The molecule has 0 aromatic heterocycles. The normalized spacial score (nSPS) is 10.6. The number of hydrogen-bond donors (Lipinski definition) is 3. The molecule has 9 nitrogen and oxygen atoms in total. The number of carbonyl (C=O) groups is 3. The maximum Gasteiger partial charge on any atom is 0.329 e. The summed E-state index contributed by atoms with van der Waals surface area (Å²) < 4.78 is 11.3. The van der Waals surface area contributed by atoms with Gasteiger partial charge in [0.05, 0.1) is 12.8 Å². The first kappa shape index (κ1) is 28.2. The zero-order valence-electron chi connectivity index (χ0n) is 21.3. The van der Waals surface area contributed by atoms with Crippen LogP contribution in [-0.4, -0.2) is 37.1 Å². The second-order valence-electron chi connectivity index (χ2n) is 8.05. The molecule has 0 fully saturated rings. The van der Waals surface area contributed by atoms with Crippen molar-refractivity contribution >= 4 is 46.9 Å². The summed E-state index contributed by atoms with van der Waals surface area (Å²) >= 11 is 6.10. The molecule has 10 heteroatoms. The Hall–Kier alpha value is -4.37. The lowest BCUT2D eigenvalue weighted by Crippen LogP contribution is -2.32. The lowest BCUT2D eigenvalue weighted by Gasteiger charge is -2.13. The molecular weight excluding hydrogens is 508 g/mol. The van der Waals surface area contributed by atoms with Gasteiger partial charge in [0.2, 0.25) is 0 Å². The Labute approximate surface area is 226 Å². The Kier molecular flexibility index (Phi) is 10.2. The van der Waals surface area contributed by atoms with E-state index in [0.29, 0.717) is 46.5 Å². The van der Waals surface area contributed by atoms with Crippen LogP contribution in [0.1, 0.15) is 30.5 Å². The highest BCUT2D eigenvalue weighted by molar-refractivity contribution is 6.39. The number of hydrogen-bond acceptors (Lipinski definition) is 6. The fourth-order valence-electron chi connectivity index (χ4n) is 3.41. The Balaban J connectivity index is 1.58. The van der Waals surface area contributed by atoms with Crippen molar-refractivity contribution in [1.29, 1.82) is 0 Å². The molecular formula is C28H29ClN4O5. The number of halogens is 1. The summed E-state index contributed by atoms with van der Waals surface area (Å²) in [5.74, 6) is -1.33. The molecule has 0 unspecified atom stereocenters. The molecule has 0 saturated heterocycles. The molecule has 3 aromatic rings. The zero-order chi connectivity index (χ0) is 27.5. The van der Waals surface area contributed by atoms with Crippen LogP contribution in [0.2, 0.25) is 5.02 Å². The number of benzene rings is 3. The standard InChI is InChI=1S/C28H29ClN4O5/c1-4-20-9-6-7-11-23(20)32-27(35)28(36)33-30-16-19-13-14-24(25(15-19)37-5-2)38-17-26(34)31-22-12-8-10-21(29)18(22)3/h6-16H,4-5,17H2,1-3H3,(H,31,34)(H,32,35)(H,33,36)/b30-16-. The van der Waals surface area contributed by atoms with Crippen molar-refractivity contribution in [2.24, 2.45) is 5.10 Å². The molecule has 0 spiro atoms. The smallest absolute Gasteiger partial charge is 0.329 e. The van der Waals surface area contributed by atoms with E-state index in [1.54, 1.807) is 48.5 Å². The third-order valence-corrected chi connectivity index (χ3v) is 5.81. The van der Waals surface area contributed by atoms with E-state index in [2.05, 4.69) is 21.2 Å². The van der Waals surface area contributed by atoms with Gasteiger partial charge in [0.25, 0.3) is 5.91 Å². The van der Waals surface area contributed by atoms with Gasteiger partial charge in [-0.1, -0.05) is 42.8 Å². The highest BCUT2D eigenvalue weighted by atomic mass is 35.5. The first-order chi connectivity index (χ1) is 18.3. The molecule has 3 N–H and O–H groups in total. The minimum absolute atomic E-state index is 0.244. The SMILES string of the molecule is CCOc1cc(/C=N\NC(=O)C(=O)Nc2ccccc2CC)ccc1OCC(=O)Nc1cccc(Cl)c1C. The molecule has 0 atom stereocenters. The summed E-state index contributed by atoms with van der Waals surface area (Å²) in [6.07, 6.45) is 2.08. The molecule has 0 bridgehead atoms. The number of amides is 3. The van der Waals surface area contributed by atoms with E-state index in [1.165, 1.54) is 6.21 Å². The molecule has 0 aliphatic carbocycles. The molecule has 0 aliphatic rings. The molecule has 3 aromatic carbocycles. The number of carbonyl (C=O) groups excluding carboxylic acids is 3. The van der Waals surface area contributed by atoms with Crippen LogP contribution in [0.15, 0.2) is 65.8 Å². The average molecular weight is 537 g/mol. The van der Waals surface area contributed by atoms with E-state index in [-0.39, 0.29) is 12.5 Å². The summed E-state index contributed by atoms with van der Waals surface area (Å²) in [5.41, 5.74) is 5.65. The third-order valence-electron chi connectivity index (χ3n) is 5.40. The number of ether oxygens (including phenoxy) is 2. The lowest BCUT2D eigenvalue weighted by atomic mass is 10.1. The van der Waals surface area contributed by atoms with Crippen LogP contribution in [-0.2, 0) is 20.8 Å². The van der Waals surface area contributed by atoms with Gasteiger partial charge in [0, 0.05) is 16.4 Å². The largest absolute Gasteiger partial charge is 0.490 e. The molecule has 38 heavy (non-hydrogen) atoms. The predicted molar refractivity (Wildman–Crippen MR) is 148 cm³/mol. The fourth-order valence-corrected chi connectivity index (χ4v) is 3.59. The minimum Gasteiger partial charge on any atom is -0.490 e. The van der Waals surface area contributed by atoms with Crippen LogP contribution in [0.5, 0.6) is 11.5 Å². The Morgan fingerprint density at radius 1 is 0.895 bits per heavy atom. The summed E-state index contributed by atoms with van der Waals surface area (Å²) in [6, 6.07) is 17.4. The van der Waals surface area contributed by atoms with E-state index >= 15 is 0 Å². The van der Waals surface area contributed by atoms with Crippen LogP contribution in [0.3, 0.4) is 0 Å². The molecule has 198 valence electrons. The number of para-hydroxylation sites is 1. The molecule has 0 heterocycles. The Bertz CT molecular complexity index is 1340. The number of anilines is 2. The van der Waals surface area contributed by atoms with Crippen LogP contribution < -0.4 is 25.5 Å². The van der Waals surface area contributed by atoms with Gasteiger partial charge in [-0.25, -0.2) is 5.43 Å². The van der Waals surface area contributed by atoms with Crippen LogP contribution in [0.4, 0.5) is 11.4 Å². The van der Waals surface area contributed by atoms with Crippen molar-refractivity contribution in [1.82, 2.24) is 5.43 Å². The predicted octanol–water partition coefficient (Wildman–Crippen LogP) is 4.72. The van der Waals surface area contributed by atoms with Gasteiger partial charge in [0.15, 0.2) is 18.1 Å². The van der Waals surface area contributed by atoms with Gasteiger partial charge in [-0.2, -0.15) is 5.10 Å². The topological polar surface area (TPSA) is 118 Å². The van der Waals surface area contributed by atoms with Gasteiger partial charge in [0.1, 0.15) is 0 Å². The third kappa shape index (κ3) is 7.81. The minimum atomic E-state index is -0.905. The Morgan fingerprint density at radius 2 is 1.66 bits per heavy atom. The maximum atomic E-state index is 12.4. The van der Waals surface area contributed by atoms with Crippen LogP contribution in [0.25, 0.3) is 0 Å². The van der Waals surface area contributed by atoms with Crippen molar-refractivity contribution in [3.8, 4) is 11.5 Å². The van der Waals surface area contributed by atoms with Gasteiger partial charge in [-0.05, 0) is 73.4 Å². The second kappa shape index (κ2) is 13.8. The van der Waals surface area contributed by atoms with E-state index in [9.17, 15) is 14.4 Å². The highest BCUT2D eigenvalue weighted by Gasteiger charge is 2.15. The van der Waals surface area contributed by atoms with Crippen molar-refractivity contribution in [2.45, 2.75) is 27.2 Å². The summed E-state index contributed by atoms with van der Waals surface area (Å²) in [4.78, 5) is 36.7. The van der Waals surface area contributed by atoms with E-state index in [1.807, 2.05) is 32.9 Å². The lowest BCUT2D eigenvalue weighted by molar-refractivity contribution is -0.136. The van der Waals surface area contributed by atoms with Gasteiger partial charge in [-0.3, -0.25) is 14.4 Å². The number of rotatable bonds is 10. The molecule has 0 aliphatic heterocycles. The number of nitrogens with one attached hydrogen (secondary N) is 3. The number of aryl methyl sites for hydroxylation is 1. The van der Waals surface area contributed by atoms with Crippen molar-refractivity contribution < 1.29 is 23.9 Å². The zero-order valence-corrected chi connectivity index (χ0v) is 22.1. The quantitative estimate of drug-likeness (QED) is 0.197. The second-order valence-corrected chi connectivity index (χ2v) is 8.46. The molecule has 3 rings (SSSR count). The summed E-state index contributed by atoms with van der Waals surface area (Å²) in [7, 11) is 0. The number of nitrogens with zero attached hydrogens (tertiary/aromatic N) is 1. The van der Waals surface area contributed by atoms with Crippen molar-refractivity contribution in [3.05, 3.63) is 82.4 Å². The molecule has 0 saturated carbocycles. The average Bonchev–Trinajstić information content (AvgIpc) is 2.91. The highest BCUT2D eigenvalue weighted by Crippen LogP contribution is 2.28. The first-order valence-electron chi connectivity index (χ1n) is 12.0. The maximum absolute atomic E-state index is 12.4. The van der Waals surface area contributed by atoms with E-state index < -0.39 is 11.8 Å². The fraction of sp³-hybridized carbons (Fsp3) is 0.214. The molecule has 3 amide bonds. The van der Waals surface area contributed by atoms with E-state index in [4.69, 9.17) is 21.1 Å². The van der Waals surface area contributed by atoms with Gasteiger partial charge >= 0.3 is 11.8 Å². The Morgan fingerprint density at radius 3 is 2.42 bits per heavy atom. The van der Waals surface area contributed by atoms with E-state index in [0.717, 1.165) is 11.1 Å². The first-order valence-corrected chi connectivity index (χ1v) is 12.4. The van der Waals surface area contributed by atoms with Crippen molar-refractivity contribution in [2.75, 3.05) is 23.8 Å². The van der Waals surface area contributed by atoms with Crippen LogP contribution in [0, 0.1) is 6.92 Å². The van der Waals surface area contributed by atoms with Crippen LogP contribution >= 0.6 is 11.6 Å². The van der Waals surface area contributed by atoms with Crippen molar-refractivity contribution in [3.63, 3.8) is 0 Å².